The average Bonchev–Trinajstić information content (AvgIpc) is 3.42. The first-order valence-electron chi connectivity index (χ1n) is 11.7. The molecule has 1 N–H and O–H groups in total. The predicted molar refractivity (Wildman–Crippen MR) is 131 cm³/mol. The summed E-state index contributed by atoms with van der Waals surface area (Å²) in [4.78, 5) is 33.6. The van der Waals surface area contributed by atoms with Crippen LogP contribution in [-0.4, -0.2) is 26.2 Å². The first kappa shape index (κ1) is 22.5. The number of carbonyl (C=O) groups excluding carboxylic acids is 2. The zero-order chi connectivity index (χ0) is 24.0. The van der Waals surface area contributed by atoms with Crippen LogP contribution in [0.15, 0.2) is 85.6 Å². The molecule has 2 heterocycles. The molecule has 1 atom stereocenters. The van der Waals surface area contributed by atoms with Gasteiger partial charge in [0.1, 0.15) is 17.5 Å². The van der Waals surface area contributed by atoms with E-state index in [0.29, 0.717) is 24.4 Å². The number of nitrogens with zero attached hydrogens (tertiary/aromatic N) is 3. The first-order chi connectivity index (χ1) is 17.2. The fourth-order valence-corrected chi connectivity index (χ4v) is 4.46. The highest BCUT2D eigenvalue weighted by Crippen LogP contribution is 2.34. The third-order valence-corrected chi connectivity index (χ3v) is 6.22. The molecule has 0 saturated carbocycles. The van der Waals surface area contributed by atoms with Gasteiger partial charge in [-0.3, -0.25) is 14.6 Å². The Morgan fingerprint density at radius 1 is 1.03 bits per heavy atom. The molecule has 0 spiro atoms. The number of benzene rings is 2. The van der Waals surface area contributed by atoms with Crippen molar-refractivity contribution in [3.8, 4) is 5.75 Å². The number of carbonyl (C=O) groups is 2. The summed E-state index contributed by atoms with van der Waals surface area (Å²) in [7, 11) is 0. The van der Waals surface area contributed by atoms with E-state index in [-0.39, 0.29) is 24.3 Å². The van der Waals surface area contributed by atoms with E-state index in [0.717, 1.165) is 35.1 Å². The standard InChI is InChI=1S/C28H26N4O3/c33-25-11-6-9-21-22(25)12-13-26(23(21)17-31-28(34)24-10-4-5-14-30-24)35-27(18-32-16-15-29-19-32)20-7-2-1-3-8-20/h1-5,7-8,10,12-16,19,27H,6,9,11,17-18H2,(H,31,34)/t27-/m1/s1. The summed E-state index contributed by atoms with van der Waals surface area (Å²) in [5.74, 6) is 0.524. The topological polar surface area (TPSA) is 86.1 Å². The van der Waals surface area contributed by atoms with Gasteiger partial charge in [-0.1, -0.05) is 36.4 Å². The number of pyridine rings is 1. The van der Waals surface area contributed by atoms with E-state index in [2.05, 4.69) is 15.3 Å². The summed E-state index contributed by atoms with van der Waals surface area (Å²) in [6.07, 6.45) is 8.81. The number of Topliss-reactive ketones (excluding diaryl/α,β-unsaturated/α-hetero) is 1. The Morgan fingerprint density at radius 2 is 1.89 bits per heavy atom. The van der Waals surface area contributed by atoms with E-state index in [1.807, 2.05) is 53.2 Å². The highest BCUT2D eigenvalue weighted by molar-refractivity contribution is 5.99. The third kappa shape index (κ3) is 5.14. The molecule has 1 aliphatic carbocycles. The lowest BCUT2D eigenvalue weighted by Gasteiger charge is -2.26. The molecule has 7 heteroatoms. The van der Waals surface area contributed by atoms with E-state index in [4.69, 9.17) is 4.74 Å². The lowest BCUT2D eigenvalue weighted by molar-refractivity contribution is 0.0944. The molecule has 0 aliphatic heterocycles. The SMILES string of the molecule is O=C(NCc1c(O[C@H](Cn2ccnc2)c2ccccc2)ccc2c1CCCC2=O)c1ccccn1. The van der Waals surface area contributed by atoms with Gasteiger partial charge in [-0.2, -0.15) is 0 Å². The number of rotatable bonds is 8. The number of fused-ring (bicyclic) bond motifs is 1. The molecule has 176 valence electrons. The van der Waals surface area contributed by atoms with Gasteiger partial charge in [0.25, 0.3) is 5.91 Å². The number of nitrogens with one attached hydrogen (secondary N) is 1. The summed E-state index contributed by atoms with van der Waals surface area (Å²) < 4.78 is 8.59. The van der Waals surface area contributed by atoms with Crippen LogP contribution in [0.2, 0.25) is 0 Å². The first-order valence-corrected chi connectivity index (χ1v) is 11.7. The van der Waals surface area contributed by atoms with Gasteiger partial charge in [0.15, 0.2) is 5.78 Å². The van der Waals surface area contributed by atoms with Gasteiger partial charge in [0.2, 0.25) is 0 Å². The number of ketones is 1. The Balaban J connectivity index is 1.48. The van der Waals surface area contributed by atoms with Gasteiger partial charge >= 0.3 is 0 Å². The predicted octanol–water partition coefficient (Wildman–Crippen LogP) is 4.55. The molecule has 0 saturated heterocycles. The molecule has 2 aromatic carbocycles. The molecule has 0 fully saturated rings. The monoisotopic (exact) mass is 466 g/mol. The molecule has 0 unspecified atom stereocenters. The summed E-state index contributed by atoms with van der Waals surface area (Å²) in [5, 5.41) is 2.97. The van der Waals surface area contributed by atoms with Crippen molar-refractivity contribution >= 4 is 11.7 Å². The minimum absolute atomic E-state index is 0.133. The fraction of sp³-hybridized carbons (Fsp3) is 0.214. The zero-order valence-corrected chi connectivity index (χ0v) is 19.3. The fourth-order valence-electron chi connectivity index (χ4n) is 4.46. The molecule has 35 heavy (non-hydrogen) atoms. The van der Waals surface area contributed by atoms with Crippen LogP contribution >= 0.6 is 0 Å². The minimum atomic E-state index is -0.284. The lowest BCUT2D eigenvalue weighted by atomic mass is 9.86. The number of amides is 1. The van der Waals surface area contributed by atoms with Crippen molar-refractivity contribution in [2.24, 2.45) is 0 Å². The van der Waals surface area contributed by atoms with Crippen molar-refractivity contribution in [2.45, 2.75) is 38.5 Å². The van der Waals surface area contributed by atoms with Crippen molar-refractivity contribution in [1.29, 1.82) is 0 Å². The Kier molecular flexibility index (Phi) is 6.66. The van der Waals surface area contributed by atoms with Crippen molar-refractivity contribution in [3.63, 3.8) is 0 Å². The maximum Gasteiger partial charge on any atom is 0.270 e. The van der Waals surface area contributed by atoms with Gasteiger partial charge in [-0.25, -0.2) is 4.98 Å². The van der Waals surface area contributed by atoms with Gasteiger partial charge in [0, 0.05) is 42.7 Å². The zero-order valence-electron chi connectivity index (χ0n) is 19.3. The van der Waals surface area contributed by atoms with E-state index in [1.165, 1.54) is 0 Å². The molecule has 1 aliphatic rings. The van der Waals surface area contributed by atoms with E-state index < -0.39 is 0 Å². The van der Waals surface area contributed by atoms with E-state index in [9.17, 15) is 9.59 Å². The van der Waals surface area contributed by atoms with Gasteiger partial charge < -0.3 is 14.6 Å². The molecule has 1 amide bonds. The summed E-state index contributed by atoms with van der Waals surface area (Å²) in [6, 6.07) is 18.9. The van der Waals surface area contributed by atoms with Crippen LogP contribution in [0.3, 0.4) is 0 Å². The van der Waals surface area contributed by atoms with Crippen LogP contribution in [-0.2, 0) is 19.5 Å². The van der Waals surface area contributed by atoms with Crippen molar-refractivity contribution in [1.82, 2.24) is 19.9 Å². The van der Waals surface area contributed by atoms with Crippen molar-refractivity contribution in [2.75, 3.05) is 0 Å². The molecule has 0 radical (unpaired) electrons. The molecule has 0 bridgehead atoms. The molecular weight excluding hydrogens is 440 g/mol. The lowest BCUT2D eigenvalue weighted by Crippen LogP contribution is -2.26. The third-order valence-electron chi connectivity index (χ3n) is 6.22. The van der Waals surface area contributed by atoms with E-state index in [1.54, 1.807) is 36.9 Å². The molecule has 2 aromatic heterocycles. The Labute approximate surface area is 203 Å². The molecule has 7 nitrogen and oxygen atoms in total. The highest BCUT2D eigenvalue weighted by atomic mass is 16.5. The van der Waals surface area contributed by atoms with Crippen LogP contribution in [0.1, 0.15) is 56.5 Å². The van der Waals surface area contributed by atoms with Crippen LogP contribution < -0.4 is 10.1 Å². The van der Waals surface area contributed by atoms with Crippen LogP contribution in [0.25, 0.3) is 0 Å². The molecule has 5 rings (SSSR count). The Morgan fingerprint density at radius 3 is 2.66 bits per heavy atom. The normalized spacial score (nSPS) is 13.7. The second-order valence-corrected chi connectivity index (χ2v) is 8.52. The van der Waals surface area contributed by atoms with Crippen molar-refractivity contribution < 1.29 is 14.3 Å². The van der Waals surface area contributed by atoms with Crippen molar-refractivity contribution in [3.05, 3.63) is 114 Å². The maximum absolute atomic E-state index is 12.7. The highest BCUT2D eigenvalue weighted by Gasteiger charge is 2.25. The van der Waals surface area contributed by atoms with Gasteiger partial charge in [-0.15, -0.1) is 0 Å². The Bertz CT molecular complexity index is 1310. The summed E-state index contributed by atoms with van der Waals surface area (Å²) in [6.45, 7) is 0.813. The minimum Gasteiger partial charge on any atom is -0.483 e. The van der Waals surface area contributed by atoms with Crippen LogP contribution in [0, 0.1) is 0 Å². The number of hydrogen-bond acceptors (Lipinski definition) is 5. The second kappa shape index (κ2) is 10.3. The Hall–Kier alpha value is -4.26. The van der Waals surface area contributed by atoms with Crippen LogP contribution in [0.5, 0.6) is 5.75 Å². The quantitative estimate of drug-likeness (QED) is 0.412. The number of hydrogen-bond donors (Lipinski definition) is 1. The smallest absolute Gasteiger partial charge is 0.270 e. The number of imidazole rings is 1. The molecule has 4 aromatic rings. The average molecular weight is 467 g/mol. The summed E-state index contributed by atoms with van der Waals surface area (Å²) in [5.41, 5.74) is 3.88. The van der Waals surface area contributed by atoms with Gasteiger partial charge in [0.05, 0.1) is 12.9 Å². The summed E-state index contributed by atoms with van der Waals surface area (Å²) >= 11 is 0. The second-order valence-electron chi connectivity index (χ2n) is 8.52. The molecular formula is C28H26N4O3. The van der Waals surface area contributed by atoms with E-state index >= 15 is 0 Å². The van der Waals surface area contributed by atoms with Gasteiger partial charge in [-0.05, 0) is 48.2 Å². The largest absolute Gasteiger partial charge is 0.483 e. The number of aromatic nitrogens is 3. The van der Waals surface area contributed by atoms with Crippen LogP contribution in [0.4, 0.5) is 0 Å². The maximum atomic E-state index is 12.7. The number of ether oxygens (including phenoxy) is 1.